The van der Waals surface area contributed by atoms with Crippen molar-refractivity contribution in [3.63, 3.8) is 0 Å². The van der Waals surface area contributed by atoms with E-state index in [9.17, 15) is 0 Å². The van der Waals surface area contributed by atoms with Crippen LogP contribution in [0, 0.1) is 0 Å². The second-order valence-corrected chi connectivity index (χ2v) is 0.192. The van der Waals surface area contributed by atoms with Crippen molar-refractivity contribution >= 4 is 12.9 Å². The first-order valence-electron chi connectivity index (χ1n) is 0.943. The number of hydrogen-bond acceptors (Lipinski definition) is 4. The molecule has 0 aliphatic heterocycles. The largest absolute Gasteiger partial charge is 1.00 e. The first-order chi connectivity index (χ1) is 2.83. The van der Waals surface area contributed by atoms with E-state index in [1.54, 1.807) is 0 Å². The van der Waals surface area contributed by atoms with Crippen molar-refractivity contribution in [2.45, 2.75) is 0 Å². The normalized spacial score (nSPS) is 3.00. The van der Waals surface area contributed by atoms with Crippen molar-refractivity contribution in [2.24, 2.45) is 0 Å². The van der Waals surface area contributed by atoms with Crippen LogP contribution in [-0.2, 0) is 9.59 Å². The van der Waals surface area contributed by atoms with Gasteiger partial charge < -0.3 is 26.0 Å². The molecule has 0 saturated heterocycles. The molecule has 0 fully saturated rings. The molecule has 0 unspecified atom stereocenters. The molecule has 44 valence electrons. The van der Waals surface area contributed by atoms with Crippen LogP contribution >= 0.6 is 0 Å². The SMILES string of the molecule is O=C[O-].O=C[O-].[Cs+].[NH4+]. The molecule has 0 aromatic heterocycles. The summed E-state index contributed by atoms with van der Waals surface area (Å²) in [6.07, 6.45) is 0. The number of carboxylic acid groups (broad SMARTS) is 2. The Labute approximate surface area is 105 Å². The van der Waals surface area contributed by atoms with Crippen LogP contribution in [0.2, 0.25) is 0 Å². The molecular weight excluding hydrogens is 235 g/mol. The summed E-state index contributed by atoms with van der Waals surface area (Å²) < 4.78 is 0. The van der Waals surface area contributed by atoms with Crippen molar-refractivity contribution in [3.05, 3.63) is 0 Å². The maximum absolute atomic E-state index is 8.25. The van der Waals surface area contributed by atoms with Gasteiger partial charge in [0.25, 0.3) is 0 Å². The zero-order chi connectivity index (χ0) is 5.41. The molecule has 0 radical (unpaired) electrons. The van der Waals surface area contributed by atoms with Gasteiger partial charge in [0.15, 0.2) is 0 Å². The number of hydrogen-bond donors (Lipinski definition) is 1. The van der Waals surface area contributed by atoms with Crippen molar-refractivity contribution < 1.29 is 88.7 Å². The Morgan fingerprint density at radius 2 is 1.00 bits per heavy atom. The van der Waals surface area contributed by atoms with Crippen LogP contribution in [0.4, 0.5) is 0 Å². The molecule has 0 aliphatic carbocycles. The van der Waals surface area contributed by atoms with Gasteiger partial charge >= 0.3 is 68.9 Å². The second-order valence-electron chi connectivity index (χ2n) is 0.192. The van der Waals surface area contributed by atoms with Gasteiger partial charge in [-0.1, -0.05) is 0 Å². The number of carbonyl (C=O) groups excluding carboxylic acids is 2. The van der Waals surface area contributed by atoms with Crippen LogP contribution in [0.3, 0.4) is 0 Å². The Bertz CT molecular complexity index is 35.0. The van der Waals surface area contributed by atoms with Gasteiger partial charge in [-0.15, -0.1) is 0 Å². The third-order valence-corrected chi connectivity index (χ3v) is 0. The van der Waals surface area contributed by atoms with Gasteiger partial charge in [0.05, 0.1) is 0 Å². The monoisotopic (exact) mass is 241 g/mol. The van der Waals surface area contributed by atoms with Crippen LogP contribution < -0.4 is 85.3 Å². The number of rotatable bonds is 0. The standard InChI is InChI=1S/2CH2O2.Cs.H3N/c2*2-1-3;;/h2*1H,(H,2,3);;1H3/q;;+1;/p-1. The summed E-state index contributed by atoms with van der Waals surface area (Å²) in [6, 6.07) is 0. The van der Waals surface area contributed by atoms with E-state index in [4.69, 9.17) is 19.8 Å². The second kappa shape index (κ2) is 44.1. The van der Waals surface area contributed by atoms with Gasteiger partial charge in [-0.25, -0.2) is 0 Å². The molecule has 0 bridgehead atoms. The fourth-order valence-corrected chi connectivity index (χ4v) is 0. The van der Waals surface area contributed by atoms with E-state index in [-0.39, 0.29) is 75.0 Å². The molecule has 4 N–H and O–H groups in total. The van der Waals surface area contributed by atoms with E-state index in [1.807, 2.05) is 0 Å². The average Bonchev–Trinajstić information content (AvgIpc) is 1.39. The van der Waals surface area contributed by atoms with Crippen LogP contribution in [0.5, 0.6) is 0 Å². The van der Waals surface area contributed by atoms with E-state index in [0.29, 0.717) is 0 Å². The Balaban J connectivity index is -0.0000000160. The molecule has 0 saturated carbocycles. The van der Waals surface area contributed by atoms with Gasteiger partial charge in [-0.2, -0.15) is 0 Å². The maximum atomic E-state index is 8.25. The van der Waals surface area contributed by atoms with E-state index in [0.717, 1.165) is 0 Å². The third kappa shape index (κ3) is 272. The summed E-state index contributed by atoms with van der Waals surface area (Å²) in [5.41, 5.74) is 0. The van der Waals surface area contributed by atoms with Gasteiger partial charge in [0.1, 0.15) is 0 Å². The van der Waals surface area contributed by atoms with Crippen LogP contribution in [0.25, 0.3) is 0 Å². The predicted molar refractivity (Wildman–Crippen MR) is 18.1 cm³/mol. The van der Waals surface area contributed by atoms with Crippen LogP contribution in [-0.4, -0.2) is 12.9 Å². The fourth-order valence-electron chi connectivity index (χ4n) is 0. The molecule has 0 spiro atoms. The smallest absolute Gasteiger partial charge is 0.554 e. The van der Waals surface area contributed by atoms with E-state index in [2.05, 4.69) is 0 Å². The van der Waals surface area contributed by atoms with E-state index < -0.39 is 12.9 Å². The minimum absolute atomic E-state index is 0. The Kier molecular flexibility index (Phi) is 127. The molecule has 0 aromatic rings. The number of carbonyl (C=O) groups is 2. The zero-order valence-electron chi connectivity index (χ0n) is 4.79. The fraction of sp³-hybridized carbons (Fsp3) is 0. The summed E-state index contributed by atoms with van der Waals surface area (Å²) in [5, 5.41) is 16.5. The number of quaternary nitrogens is 1. The van der Waals surface area contributed by atoms with Gasteiger partial charge in [0, 0.05) is 12.9 Å². The molecule has 0 amide bonds. The van der Waals surface area contributed by atoms with E-state index in [1.165, 1.54) is 0 Å². The average molecular weight is 241 g/mol. The summed E-state index contributed by atoms with van der Waals surface area (Å²) in [7, 11) is 0. The topological polar surface area (TPSA) is 117 Å². The molecule has 0 atom stereocenters. The van der Waals surface area contributed by atoms with Crippen molar-refractivity contribution in [1.82, 2.24) is 6.15 Å². The summed E-state index contributed by atoms with van der Waals surface area (Å²) in [4.78, 5) is 16.5. The van der Waals surface area contributed by atoms with Gasteiger partial charge in [0.2, 0.25) is 0 Å². The quantitative estimate of drug-likeness (QED) is 0.425. The summed E-state index contributed by atoms with van der Waals surface area (Å²) >= 11 is 0. The summed E-state index contributed by atoms with van der Waals surface area (Å²) in [6.45, 7) is -1.00. The van der Waals surface area contributed by atoms with Gasteiger partial charge in [-0.05, 0) is 0 Å². The Hall–Kier alpha value is 0.952. The zero-order valence-corrected chi connectivity index (χ0v) is 11.1. The first kappa shape index (κ1) is 23.1. The summed E-state index contributed by atoms with van der Waals surface area (Å²) in [5.74, 6) is 0. The molecular formula is C2H6CsNO4. The first-order valence-corrected chi connectivity index (χ1v) is 0.943. The third-order valence-electron chi connectivity index (χ3n) is 0. The minimum Gasteiger partial charge on any atom is -0.554 e. The molecule has 0 aromatic carbocycles. The van der Waals surface area contributed by atoms with Crippen molar-refractivity contribution in [1.29, 1.82) is 0 Å². The molecule has 0 aliphatic rings. The Morgan fingerprint density at radius 1 is 1.00 bits per heavy atom. The van der Waals surface area contributed by atoms with E-state index >= 15 is 0 Å². The van der Waals surface area contributed by atoms with Crippen LogP contribution in [0.15, 0.2) is 0 Å². The van der Waals surface area contributed by atoms with Crippen molar-refractivity contribution in [2.75, 3.05) is 0 Å². The Morgan fingerprint density at radius 3 is 1.00 bits per heavy atom. The molecule has 5 nitrogen and oxygen atoms in total. The van der Waals surface area contributed by atoms with Crippen molar-refractivity contribution in [3.8, 4) is 0 Å². The molecule has 8 heavy (non-hydrogen) atoms. The minimum atomic E-state index is -0.500. The molecule has 0 heterocycles. The predicted octanol–water partition coefficient (Wildman–Crippen LogP) is -5.89. The van der Waals surface area contributed by atoms with Crippen LogP contribution in [0.1, 0.15) is 0 Å². The molecule has 6 heteroatoms. The van der Waals surface area contributed by atoms with Gasteiger partial charge in [-0.3, -0.25) is 0 Å². The molecule has 0 rings (SSSR count). The maximum Gasteiger partial charge on any atom is 1.00 e.